The van der Waals surface area contributed by atoms with Crippen molar-refractivity contribution in [3.05, 3.63) is 72.4 Å². The highest BCUT2D eigenvalue weighted by molar-refractivity contribution is 5.92. The van der Waals surface area contributed by atoms with Crippen LogP contribution in [0.3, 0.4) is 0 Å². The minimum absolute atomic E-state index is 0.308. The molecule has 0 saturated heterocycles. The first kappa shape index (κ1) is 36.4. The van der Waals surface area contributed by atoms with Gasteiger partial charge in [0, 0.05) is 5.56 Å². The highest BCUT2D eigenvalue weighted by Crippen LogP contribution is 2.36. The molecule has 0 spiro atoms. The monoisotopic (exact) mass is 680 g/mol. The molecule has 0 saturated carbocycles. The van der Waals surface area contributed by atoms with Crippen LogP contribution >= 0.6 is 0 Å². The second-order valence-electron chi connectivity index (χ2n) is 17.2. The smallest absolute Gasteiger partial charge is 0.408 e. The van der Waals surface area contributed by atoms with E-state index >= 15 is 0 Å². The van der Waals surface area contributed by atoms with E-state index in [1.807, 2.05) is 53.8 Å². The molecule has 2 aromatic heterocycles. The van der Waals surface area contributed by atoms with E-state index in [4.69, 9.17) is 14.5 Å². The fraction of sp³-hybridized carbons (Fsp3) is 0.450. The molecule has 266 valence electrons. The molecule has 2 heterocycles. The van der Waals surface area contributed by atoms with Gasteiger partial charge in [-0.05, 0) is 98.5 Å². The summed E-state index contributed by atoms with van der Waals surface area (Å²) in [4.78, 5) is 41.7. The van der Waals surface area contributed by atoms with Crippen LogP contribution in [0.15, 0.2) is 60.8 Å². The van der Waals surface area contributed by atoms with Crippen molar-refractivity contribution in [2.24, 2.45) is 10.8 Å². The van der Waals surface area contributed by atoms with Crippen molar-refractivity contribution in [3.63, 3.8) is 0 Å². The third-order valence-corrected chi connectivity index (χ3v) is 8.18. The average Bonchev–Trinajstić information content (AvgIpc) is 3.62. The summed E-state index contributed by atoms with van der Waals surface area (Å²) in [5.41, 5.74) is 3.88. The summed E-state index contributed by atoms with van der Waals surface area (Å²) in [7, 11) is 0. The summed E-state index contributed by atoms with van der Waals surface area (Å²) in [6.07, 6.45) is 0.852. The number of amides is 2. The Kier molecular flexibility index (Phi) is 9.55. The number of nitrogens with one attached hydrogen (secondary N) is 4. The Morgan fingerprint density at radius 1 is 0.620 bits per heavy atom. The lowest BCUT2D eigenvalue weighted by molar-refractivity contribution is 0.0448. The molecule has 4 N–H and O–H groups in total. The molecule has 10 heteroatoms. The molecule has 2 amide bonds. The van der Waals surface area contributed by atoms with Gasteiger partial charge in [0.05, 0.1) is 35.0 Å². The Labute approximate surface area is 295 Å². The Bertz CT molecular complexity index is 2010. The van der Waals surface area contributed by atoms with E-state index < -0.39 is 23.4 Å². The van der Waals surface area contributed by atoms with Gasteiger partial charge < -0.3 is 30.1 Å². The number of nitrogens with zero attached hydrogens (tertiary/aromatic N) is 2. The molecule has 0 fully saturated rings. The van der Waals surface area contributed by atoms with Gasteiger partial charge in [-0.25, -0.2) is 19.6 Å². The van der Waals surface area contributed by atoms with E-state index in [9.17, 15) is 9.59 Å². The zero-order chi connectivity index (χ0) is 36.8. The zero-order valence-electron chi connectivity index (χ0n) is 31.5. The first-order chi connectivity index (χ1) is 23.1. The van der Waals surface area contributed by atoms with Crippen LogP contribution in [0.2, 0.25) is 0 Å². The number of carbonyl (C=O) groups is 2. The van der Waals surface area contributed by atoms with Crippen molar-refractivity contribution in [1.29, 1.82) is 0 Å². The molecule has 2 atom stereocenters. The number of aromatic amines is 2. The van der Waals surface area contributed by atoms with Crippen LogP contribution in [0.25, 0.3) is 44.2 Å². The van der Waals surface area contributed by atoms with Gasteiger partial charge in [0.25, 0.3) is 0 Å². The maximum atomic E-state index is 12.7. The second kappa shape index (κ2) is 13.1. The van der Waals surface area contributed by atoms with Gasteiger partial charge in [-0.3, -0.25) is 0 Å². The van der Waals surface area contributed by atoms with Gasteiger partial charge in [0.2, 0.25) is 0 Å². The maximum absolute atomic E-state index is 12.7. The van der Waals surface area contributed by atoms with Crippen LogP contribution in [0, 0.1) is 10.8 Å². The van der Waals surface area contributed by atoms with Crippen molar-refractivity contribution >= 4 is 34.0 Å². The van der Waals surface area contributed by atoms with Crippen molar-refractivity contribution < 1.29 is 19.1 Å². The topological polar surface area (TPSA) is 134 Å². The van der Waals surface area contributed by atoms with E-state index in [-0.39, 0.29) is 22.9 Å². The van der Waals surface area contributed by atoms with Crippen molar-refractivity contribution in [1.82, 2.24) is 30.6 Å². The van der Waals surface area contributed by atoms with Crippen molar-refractivity contribution in [3.8, 4) is 22.4 Å². The molecule has 50 heavy (non-hydrogen) atoms. The van der Waals surface area contributed by atoms with Gasteiger partial charge in [0.1, 0.15) is 22.9 Å². The molecule has 0 aliphatic carbocycles. The molecule has 2 unspecified atom stereocenters. The Balaban J connectivity index is 1.38. The summed E-state index contributed by atoms with van der Waals surface area (Å²) >= 11 is 0. The summed E-state index contributed by atoms with van der Waals surface area (Å²) in [5, 5.41) is 8.21. The standard InChI is InChI=1S/C40H52N6O4/c1-37(2,3)31(45-35(47)49-39(7,8)9)33-41-22-30(44-33)27-16-15-23-19-24(13-14-25(23)20-27)26-17-18-28-29(21-26)43-34(42-28)32(38(4,5)6)46-36(48)50-40(10,11)12/h13-22,31-32H,1-12H3,(H,41,44)(H,42,43)(H,45,47)(H,46,48). The molecular weight excluding hydrogens is 628 g/mol. The lowest BCUT2D eigenvalue weighted by atomic mass is 9.86. The number of alkyl carbamates (subject to hydrolysis) is 2. The molecule has 0 bridgehead atoms. The minimum atomic E-state index is -0.600. The molecule has 0 radical (unpaired) electrons. The first-order valence-corrected chi connectivity index (χ1v) is 17.1. The van der Waals surface area contributed by atoms with Crippen LogP contribution in [-0.4, -0.2) is 43.3 Å². The molecule has 5 rings (SSSR count). The van der Waals surface area contributed by atoms with Gasteiger partial charge >= 0.3 is 12.2 Å². The maximum Gasteiger partial charge on any atom is 0.408 e. The molecular formula is C40H52N6O4. The Hall–Kier alpha value is -4.86. The molecule has 0 aliphatic heterocycles. The third kappa shape index (κ3) is 8.83. The zero-order valence-corrected chi connectivity index (χ0v) is 31.5. The lowest BCUT2D eigenvalue weighted by Crippen LogP contribution is -2.40. The summed E-state index contributed by atoms with van der Waals surface area (Å²) < 4.78 is 11.1. The number of benzene rings is 3. The largest absolute Gasteiger partial charge is 0.444 e. The molecule has 3 aromatic carbocycles. The average molecular weight is 681 g/mol. The van der Waals surface area contributed by atoms with E-state index in [1.54, 1.807) is 0 Å². The predicted octanol–water partition coefficient (Wildman–Crippen LogP) is 10.00. The molecule has 10 nitrogen and oxygen atoms in total. The summed E-state index contributed by atoms with van der Waals surface area (Å²) in [6, 6.07) is 18.1. The Morgan fingerprint density at radius 3 is 1.64 bits per heavy atom. The fourth-order valence-electron chi connectivity index (χ4n) is 5.81. The minimum Gasteiger partial charge on any atom is -0.444 e. The number of imidazole rings is 2. The predicted molar refractivity (Wildman–Crippen MR) is 200 cm³/mol. The highest BCUT2D eigenvalue weighted by Gasteiger charge is 2.33. The Morgan fingerprint density at radius 2 is 1.10 bits per heavy atom. The van der Waals surface area contributed by atoms with Crippen LogP contribution in [0.5, 0.6) is 0 Å². The fourth-order valence-corrected chi connectivity index (χ4v) is 5.81. The van der Waals surface area contributed by atoms with E-state index in [2.05, 4.69) is 116 Å². The van der Waals surface area contributed by atoms with E-state index in [1.165, 1.54) is 0 Å². The number of rotatable bonds is 6. The number of carbonyl (C=O) groups excluding carboxylic acids is 2. The summed E-state index contributed by atoms with van der Waals surface area (Å²) in [5.74, 6) is 1.35. The molecule has 5 aromatic rings. The normalized spacial score (nSPS) is 14.0. The number of aromatic nitrogens is 4. The number of hydrogen-bond donors (Lipinski definition) is 4. The van der Waals surface area contributed by atoms with Gasteiger partial charge in [-0.2, -0.15) is 0 Å². The molecule has 0 aliphatic rings. The first-order valence-electron chi connectivity index (χ1n) is 17.1. The quantitative estimate of drug-likeness (QED) is 0.141. The number of fused-ring (bicyclic) bond motifs is 2. The number of ether oxygens (including phenoxy) is 2. The lowest BCUT2D eigenvalue weighted by Gasteiger charge is -2.31. The van der Waals surface area contributed by atoms with E-state index in [0.29, 0.717) is 11.6 Å². The third-order valence-electron chi connectivity index (χ3n) is 8.18. The van der Waals surface area contributed by atoms with Gasteiger partial charge in [-0.15, -0.1) is 0 Å². The van der Waals surface area contributed by atoms with Gasteiger partial charge in [-0.1, -0.05) is 71.9 Å². The number of hydrogen-bond acceptors (Lipinski definition) is 6. The van der Waals surface area contributed by atoms with Crippen LogP contribution in [0.4, 0.5) is 9.59 Å². The number of H-pyrrole nitrogens is 2. The van der Waals surface area contributed by atoms with Crippen molar-refractivity contribution in [2.45, 2.75) is 106 Å². The highest BCUT2D eigenvalue weighted by atomic mass is 16.6. The van der Waals surface area contributed by atoms with Crippen LogP contribution in [0.1, 0.15) is 107 Å². The summed E-state index contributed by atoms with van der Waals surface area (Å²) in [6.45, 7) is 23.4. The van der Waals surface area contributed by atoms with E-state index in [0.717, 1.165) is 44.2 Å². The second-order valence-corrected chi connectivity index (χ2v) is 17.2. The SMILES string of the molecule is CC(C)(C)OC(=O)NC(c1ncc(-c2ccc3cc(-c4ccc5nc(C(NC(=O)OC(C)(C)C)C(C)(C)C)[nH]c5c4)ccc3c2)[nH]1)C(C)(C)C. The van der Waals surface area contributed by atoms with Crippen molar-refractivity contribution in [2.75, 3.05) is 0 Å². The van der Waals surface area contributed by atoms with Crippen LogP contribution < -0.4 is 10.6 Å². The van der Waals surface area contributed by atoms with Gasteiger partial charge in [0.15, 0.2) is 0 Å². The van der Waals surface area contributed by atoms with Crippen LogP contribution in [-0.2, 0) is 9.47 Å².